The van der Waals surface area contributed by atoms with E-state index in [1.807, 2.05) is 0 Å². The van der Waals surface area contributed by atoms with Crippen LogP contribution in [0.5, 0.6) is 0 Å². The molecule has 0 radical (unpaired) electrons. The third-order valence-electron chi connectivity index (χ3n) is 3.52. The number of rotatable bonds is 6. The maximum Gasteiger partial charge on any atom is 0.000661 e. The molecule has 14 heavy (non-hydrogen) atoms. The lowest BCUT2D eigenvalue weighted by atomic mass is 9.84. The number of nitrogens with two attached hydrogens (primary N) is 1. The highest BCUT2D eigenvalue weighted by Gasteiger charge is 2.20. The molecule has 1 rings (SSSR count). The molecule has 0 aromatic carbocycles. The van der Waals surface area contributed by atoms with Gasteiger partial charge in [-0.2, -0.15) is 0 Å². The molecule has 1 saturated carbocycles. The molecule has 0 aromatic heterocycles. The van der Waals surface area contributed by atoms with E-state index < -0.39 is 0 Å². The molecule has 2 nitrogen and oxygen atoms in total. The summed E-state index contributed by atoms with van der Waals surface area (Å²) in [6.45, 7) is 7.79. The Morgan fingerprint density at radius 1 is 1.36 bits per heavy atom. The van der Waals surface area contributed by atoms with Crippen LogP contribution in [0, 0.1) is 11.3 Å². The Morgan fingerprint density at radius 3 is 2.43 bits per heavy atom. The molecule has 84 valence electrons. The van der Waals surface area contributed by atoms with Crippen LogP contribution in [-0.2, 0) is 0 Å². The average Bonchev–Trinajstić information content (AvgIpc) is 2.08. The van der Waals surface area contributed by atoms with Gasteiger partial charge in [-0.15, -0.1) is 0 Å². The fourth-order valence-electron chi connectivity index (χ4n) is 1.80. The SMILES string of the molecule is CN(CCC(C)(C)CN)CC1CCC1. The third kappa shape index (κ3) is 3.97. The quantitative estimate of drug-likeness (QED) is 0.708. The molecule has 0 spiro atoms. The van der Waals surface area contributed by atoms with Crippen molar-refractivity contribution in [1.29, 1.82) is 0 Å². The summed E-state index contributed by atoms with van der Waals surface area (Å²) < 4.78 is 0. The summed E-state index contributed by atoms with van der Waals surface area (Å²) in [6.07, 6.45) is 5.56. The molecule has 0 aromatic rings. The zero-order valence-electron chi connectivity index (χ0n) is 10.1. The predicted molar refractivity (Wildman–Crippen MR) is 62.3 cm³/mol. The first-order chi connectivity index (χ1) is 6.53. The number of hydrogen-bond donors (Lipinski definition) is 1. The van der Waals surface area contributed by atoms with Gasteiger partial charge in [0.15, 0.2) is 0 Å². The second-order valence-electron chi connectivity index (χ2n) is 5.68. The summed E-state index contributed by atoms with van der Waals surface area (Å²) >= 11 is 0. The fraction of sp³-hybridized carbons (Fsp3) is 1.00. The first-order valence-corrected chi connectivity index (χ1v) is 5.92. The van der Waals surface area contributed by atoms with Gasteiger partial charge in [0.2, 0.25) is 0 Å². The largest absolute Gasteiger partial charge is 0.330 e. The summed E-state index contributed by atoms with van der Waals surface area (Å²) in [4.78, 5) is 2.47. The van der Waals surface area contributed by atoms with Crippen LogP contribution in [-0.4, -0.2) is 31.6 Å². The summed E-state index contributed by atoms with van der Waals surface area (Å²) in [5.74, 6) is 0.987. The van der Waals surface area contributed by atoms with Crippen LogP contribution in [0.15, 0.2) is 0 Å². The van der Waals surface area contributed by atoms with Crippen molar-refractivity contribution in [2.75, 3.05) is 26.7 Å². The van der Waals surface area contributed by atoms with Gasteiger partial charge in [-0.25, -0.2) is 0 Å². The smallest absolute Gasteiger partial charge is 0.000661 e. The third-order valence-corrected chi connectivity index (χ3v) is 3.52. The fourth-order valence-corrected chi connectivity index (χ4v) is 1.80. The molecule has 0 saturated heterocycles. The summed E-state index contributed by atoms with van der Waals surface area (Å²) in [7, 11) is 2.24. The topological polar surface area (TPSA) is 29.3 Å². The van der Waals surface area contributed by atoms with Crippen molar-refractivity contribution in [3.8, 4) is 0 Å². The minimum atomic E-state index is 0.313. The van der Waals surface area contributed by atoms with Gasteiger partial charge in [0.25, 0.3) is 0 Å². The van der Waals surface area contributed by atoms with Crippen molar-refractivity contribution in [3.05, 3.63) is 0 Å². The van der Waals surface area contributed by atoms with Crippen LogP contribution < -0.4 is 5.73 Å². The normalized spacial score (nSPS) is 18.6. The second-order valence-corrected chi connectivity index (χ2v) is 5.68. The lowest BCUT2D eigenvalue weighted by molar-refractivity contribution is 0.183. The molecule has 1 fully saturated rings. The Morgan fingerprint density at radius 2 is 2.00 bits per heavy atom. The Labute approximate surface area is 88.8 Å². The highest BCUT2D eigenvalue weighted by atomic mass is 15.1. The van der Waals surface area contributed by atoms with Crippen LogP contribution in [0.1, 0.15) is 39.5 Å². The van der Waals surface area contributed by atoms with Gasteiger partial charge in [0.05, 0.1) is 0 Å². The highest BCUT2D eigenvalue weighted by molar-refractivity contribution is 4.75. The molecule has 0 unspecified atom stereocenters. The molecule has 2 N–H and O–H groups in total. The highest BCUT2D eigenvalue weighted by Crippen LogP contribution is 2.27. The van der Waals surface area contributed by atoms with E-state index in [0.717, 1.165) is 12.5 Å². The maximum atomic E-state index is 5.71. The summed E-state index contributed by atoms with van der Waals surface area (Å²) in [5, 5.41) is 0. The van der Waals surface area contributed by atoms with E-state index in [1.165, 1.54) is 38.8 Å². The van der Waals surface area contributed by atoms with Crippen molar-refractivity contribution in [3.63, 3.8) is 0 Å². The van der Waals surface area contributed by atoms with E-state index >= 15 is 0 Å². The van der Waals surface area contributed by atoms with Gasteiger partial charge in [-0.05, 0) is 50.7 Å². The lowest BCUT2D eigenvalue weighted by Crippen LogP contribution is -2.34. The van der Waals surface area contributed by atoms with Crippen LogP contribution in [0.2, 0.25) is 0 Å². The van der Waals surface area contributed by atoms with Gasteiger partial charge in [0, 0.05) is 6.54 Å². The van der Waals surface area contributed by atoms with Gasteiger partial charge in [-0.3, -0.25) is 0 Å². The zero-order valence-corrected chi connectivity index (χ0v) is 10.1. The molecule has 0 aliphatic heterocycles. The van der Waals surface area contributed by atoms with E-state index in [1.54, 1.807) is 0 Å². The van der Waals surface area contributed by atoms with Gasteiger partial charge >= 0.3 is 0 Å². The molecular formula is C12H26N2. The molecule has 0 amide bonds. The van der Waals surface area contributed by atoms with Gasteiger partial charge in [-0.1, -0.05) is 20.3 Å². The average molecular weight is 198 g/mol. The number of nitrogens with zero attached hydrogens (tertiary/aromatic N) is 1. The molecule has 0 bridgehead atoms. The minimum Gasteiger partial charge on any atom is -0.330 e. The van der Waals surface area contributed by atoms with Crippen molar-refractivity contribution >= 4 is 0 Å². The first-order valence-electron chi connectivity index (χ1n) is 5.92. The maximum absolute atomic E-state index is 5.71. The van der Waals surface area contributed by atoms with Gasteiger partial charge < -0.3 is 10.6 Å². The van der Waals surface area contributed by atoms with Crippen molar-refractivity contribution in [2.24, 2.45) is 17.1 Å². The molecule has 2 heteroatoms. The molecule has 1 aliphatic carbocycles. The van der Waals surface area contributed by atoms with E-state index in [9.17, 15) is 0 Å². The molecule has 1 aliphatic rings. The Bertz CT molecular complexity index is 162. The van der Waals surface area contributed by atoms with Crippen LogP contribution >= 0.6 is 0 Å². The Balaban J connectivity index is 2.10. The Kier molecular flexibility index (Phi) is 4.39. The summed E-state index contributed by atoms with van der Waals surface area (Å²) in [6, 6.07) is 0. The van der Waals surface area contributed by atoms with Crippen molar-refractivity contribution in [2.45, 2.75) is 39.5 Å². The molecule has 0 atom stereocenters. The standard InChI is InChI=1S/C12H26N2/c1-12(2,10-13)7-8-14(3)9-11-5-4-6-11/h11H,4-10,13H2,1-3H3. The van der Waals surface area contributed by atoms with E-state index in [2.05, 4.69) is 25.8 Å². The minimum absolute atomic E-state index is 0.313. The Hall–Kier alpha value is -0.0800. The van der Waals surface area contributed by atoms with Crippen LogP contribution in [0.4, 0.5) is 0 Å². The monoisotopic (exact) mass is 198 g/mol. The van der Waals surface area contributed by atoms with Crippen LogP contribution in [0.25, 0.3) is 0 Å². The zero-order chi connectivity index (χ0) is 10.6. The van der Waals surface area contributed by atoms with Crippen LogP contribution in [0.3, 0.4) is 0 Å². The van der Waals surface area contributed by atoms with E-state index in [-0.39, 0.29) is 0 Å². The van der Waals surface area contributed by atoms with Crippen molar-refractivity contribution < 1.29 is 0 Å². The summed E-state index contributed by atoms with van der Waals surface area (Å²) in [5.41, 5.74) is 6.03. The second kappa shape index (κ2) is 5.13. The number of hydrogen-bond acceptors (Lipinski definition) is 2. The van der Waals surface area contributed by atoms with E-state index in [4.69, 9.17) is 5.73 Å². The van der Waals surface area contributed by atoms with Crippen molar-refractivity contribution in [1.82, 2.24) is 4.90 Å². The predicted octanol–water partition coefficient (Wildman–Crippen LogP) is 2.09. The molecule has 0 heterocycles. The first kappa shape index (κ1) is 12.0. The van der Waals surface area contributed by atoms with Gasteiger partial charge in [0.1, 0.15) is 0 Å². The van der Waals surface area contributed by atoms with E-state index in [0.29, 0.717) is 5.41 Å². The lowest BCUT2D eigenvalue weighted by Gasteiger charge is -2.32. The molecular weight excluding hydrogens is 172 g/mol.